The van der Waals surface area contributed by atoms with Crippen LogP contribution in [0.25, 0.3) is 0 Å². The molecule has 60 heavy (non-hydrogen) atoms. The van der Waals surface area contributed by atoms with Crippen LogP contribution in [0.4, 0.5) is 5.69 Å². The minimum Gasteiger partial charge on any atom is -0.459 e. The number of aliphatic hydroxyl groups is 2. The monoisotopic (exact) mass is 825 g/mol. The second-order valence-electron chi connectivity index (χ2n) is 16.8. The molecular weight excluding hydrogens is 771 g/mol. The lowest BCUT2D eigenvalue weighted by molar-refractivity contribution is -0.384. The van der Waals surface area contributed by atoms with Crippen molar-refractivity contribution in [2.24, 2.45) is 22.9 Å². The van der Waals surface area contributed by atoms with Gasteiger partial charge in [-0.2, -0.15) is 0 Å². The van der Waals surface area contributed by atoms with Gasteiger partial charge in [0.25, 0.3) is 11.6 Å². The molecule has 0 aromatic heterocycles. The number of nitrogens with zero attached hydrogens (tertiary/aromatic N) is 3. The molecule has 14 nitrogen and oxygen atoms in total. The molecule has 0 saturated heterocycles. The van der Waals surface area contributed by atoms with Crippen molar-refractivity contribution in [2.75, 3.05) is 33.7 Å². The van der Waals surface area contributed by atoms with E-state index in [2.05, 4.69) is 12.7 Å². The van der Waals surface area contributed by atoms with Gasteiger partial charge in [-0.05, 0) is 106 Å². The molecule has 4 aliphatic rings. The summed E-state index contributed by atoms with van der Waals surface area (Å²) in [6.45, 7) is 10.1. The summed E-state index contributed by atoms with van der Waals surface area (Å²) in [6, 6.07) is 16.0. The lowest BCUT2D eigenvalue weighted by Crippen LogP contribution is -2.69. The first kappa shape index (κ1) is 42.7. The Balaban J connectivity index is 1.43. The van der Waals surface area contributed by atoms with Crippen LogP contribution in [0, 0.1) is 27.9 Å². The summed E-state index contributed by atoms with van der Waals surface area (Å²) in [6.07, 6.45) is 8.54. The Morgan fingerprint density at radius 2 is 1.73 bits per heavy atom. The van der Waals surface area contributed by atoms with E-state index in [0.717, 1.165) is 36.8 Å². The number of oxime groups is 1. The van der Waals surface area contributed by atoms with E-state index in [4.69, 9.17) is 33.7 Å². The lowest BCUT2D eigenvalue weighted by atomic mass is 9.55. The van der Waals surface area contributed by atoms with E-state index in [1.54, 1.807) is 54.4 Å². The molecule has 2 aliphatic carbocycles. The number of hydrogen-bond donors (Lipinski definition) is 2. The van der Waals surface area contributed by atoms with Crippen LogP contribution in [0.5, 0.6) is 28.7 Å². The molecule has 3 aromatic rings. The van der Waals surface area contributed by atoms with Gasteiger partial charge in [-0.25, -0.2) is 0 Å². The van der Waals surface area contributed by atoms with Crippen LogP contribution in [0.1, 0.15) is 87.6 Å². The van der Waals surface area contributed by atoms with Crippen LogP contribution in [0.15, 0.2) is 90.1 Å². The molecule has 0 radical (unpaired) electrons. The Morgan fingerprint density at radius 3 is 2.47 bits per heavy atom. The van der Waals surface area contributed by atoms with Gasteiger partial charge in [-0.3, -0.25) is 14.9 Å². The van der Waals surface area contributed by atoms with Crippen LogP contribution in [0.3, 0.4) is 0 Å². The molecule has 2 aliphatic heterocycles. The predicted molar refractivity (Wildman–Crippen MR) is 224 cm³/mol. The number of benzene rings is 3. The zero-order chi connectivity index (χ0) is 42.6. The van der Waals surface area contributed by atoms with Crippen molar-refractivity contribution in [1.82, 2.24) is 4.90 Å². The van der Waals surface area contributed by atoms with E-state index in [1.165, 1.54) is 12.1 Å². The number of nitro groups is 1. The Kier molecular flexibility index (Phi) is 12.8. The zero-order valence-corrected chi connectivity index (χ0v) is 34.7. The Hall–Kier alpha value is -5.44. The molecule has 0 bridgehead atoms. The van der Waals surface area contributed by atoms with Gasteiger partial charge in [0.05, 0.1) is 29.2 Å². The topological polar surface area (TPSA) is 172 Å². The fraction of sp³-hybridized carbons (Fsp3) is 0.478. The number of amides is 1. The number of likely N-dealkylation sites (N-methyl/N-ethyl adjacent to an activating group) is 1. The van der Waals surface area contributed by atoms with Crippen LogP contribution >= 0.6 is 0 Å². The first-order valence-corrected chi connectivity index (χ1v) is 20.7. The normalized spacial score (nSPS) is 24.4. The second kappa shape index (κ2) is 18.0. The Morgan fingerprint density at radius 1 is 1.00 bits per heavy atom. The molecule has 1 fully saturated rings. The quantitative estimate of drug-likeness (QED) is 0.0580. The third-order valence-electron chi connectivity index (χ3n) is 11.7. The van der Waals surface area contributed by atoms with Crippen molar-refractivity contribution < 1.29 is 48.5 Å². The van der Waals surface area contributed by atoms with Crippen molar-refractivity contribution in [3.05, 3.63) is 106 Å². The van der Waals surface area contributed by atoms with Gasteiger partial charge >= 0.3 is 0 Å². The summed E-state index contributed by atoms with van der Waals surface area (Å²) in [7, 11) is 1.75. The number of fused-ring (bicyclic) bond motifs is 3. The van der Waals surface area contributed by atoms with Crippen molar-refractivity contribution >= 4 is 17.3 Å². The van der Waals surface area contributed by atoms with E-state index in [0.29, 0.717) is 52.9 Å². The summed E-state index contributed by atoms with van der Waals surface area (Å²) in [4.78, 5) is 33.7. The molecule has 0 spiro atoms. The van der Waals surface area contributed by atoms with E-state index in [1.807, 2.05) is 32.9 Å². The van der Waals surface area contributed by atoms with Gasteiger partial charge in [0.1, 0.15) is 28.9 Å². The van der Waals surface area contributed by atoms with E-state index < -0.39 is 28.3 Å². The molecule has 2 N–H and O–H groups in total. The van der Waals surface area contributed by atoms with Gasteiger partial charge in [-0.15, -0.1) is 6.58 Å². The van der Waals surface area contributed by atoms with Gasteiger partial charge in [0.15, 0.2) is 11.5 Å². The second-order valence-corrected chi connectivity index (χ2v) is 16.8. The molecule has 2 heterocycles. The maximum atomic E-state index is 14.7. The molecule has 6 atom stereocenters. The number of ether oxygens (including phenoxy) is 5. The van der Waals surface area contributed by atoms with Gasteiger partial charge in [-0.1, -0.05) is 36.2 Å². The maximum Gasteiger partial charge on any atom is 0.273 e. The fourth-order valence-corrected chi connectivity index (χ4v) is 9.15. The van der Waals surface area contributed by atoms with Crippen LogP contribution < -0.4 is 18.9 Å². The van der Waals surface area contributed by atoms with E-state index in [9.17, 15) is 25.1 Å². The first-order valence-electron chi connectivity index (χ1n) is 20.7. The van der Waals surface area contributed by atoms with Crippen molar-refractivity contribution in [3.8, 4) is 28.7 Å². The largest absolute Gasteiger partial charge is 0.459 e. The smallest absolute Gasteiger partial charge is 0.273 e. The molecule has 320 valence electrons. The molecule has 1 amide bonds. The van der Waals surface area contributed by atoms with Gasteiger partial charge in [0.2, 0.25) is 12.6 Å². The highest BCUT2D eigenvalue weighted by Gasteiger charge is 2.65. The number of carbonyl (C=O) groups is 1. The molecule has 1 saturated carbocycles. The third-order valence-corrected chi connectivity index (χ3v) is 11.7. The highest BCUT2D eigenvalue weighted by molar-refractivity contribution is 6.03. The Labute approximate surface area is 350 Å². The zero-order valence-electron chi connectivity index (χ0n) is 34.7. The summed E-state index contributed by atoms with van der Waals surface area (Å²) in [5.74, 6) is -0.164. The minimum absolute atomic E-state index is 0.00943. The van der Waals surface area contributed by atoms with Crippen molar-refractivity contribution in [2.45, 2.75) is 89.1 Å². The summed E-state index contributed by atoms with van der Waals surface area (Å²) in [5, 5.41) is 36.3. The van der Waals surface area contributed by atoms with Crippen molar-refractivity contribution in [1.29, 1.82) is 0 Å². The highest BCUT2D eigenvalue weighted by Crippen LogP contribution is 2.62. The van der Waals surface area contributed by atoms with Gasteiger partial charge in [0, 0.05) is 49.8 Å². The highest BCUT2D eigenvalue weighted by atomic mass is 16.7. The third kappa shape index (κ3) is 8.72. The number of aliphatic hydroxyl groups excluding tert-OH is 2. The number of carbonyl (C=O) groups excluding carboxylic acids is 1. The lowest BCUT2D eigenvalue weighted by Gasteiger charge is -2.59. The summed E-state index contributed by atoms with van der Waals surface area (Å²) < 4.78 is 31.7. The summed E-state index contributed by atoms with van der Waals surface area (Å²) >= 11 is 0. The number of unbranched alkanes of at least 4 members (excludes halogenated alkanes) is 2. The predicted octanol–water partition coefficient (Wildman–Crippen LogP) is 8.32. The number of hydrogen-bond acceptors (Lipinski definition) is 12. The van der Waals surface area contributed by atoms with Crippen molar-refractivity contribution in [3.63, 3.8) is 0 Å². The van der Waals surface area contributed by atoms with Gasteiger partial charge < -0.3 is 43.6 Å². The molecule has 3 aromatic carbocycles. The van der Waals surface area contributed by atoms with E-state index >= 15 is 0 Å². The molecule has 6 unspecified atom stereocenters. The number of non-ortho nitro benzene ring substituents is 1. The molecule has 7 rings (SSSR count). The van der Waals surface area contributed by atoms with Crippen LogP contribution in [-0.2, 0) is 9.57 Å². The summed E-state index contributed by atoms with van der Waals surface area (Å²) in [5.41, 5.74) is 2.11. The SMILES string of the molecule is C=CCOC12Oc3ccc(Oc4cccc([N+](=O)[O-])c4)cc3C3C(CCCCO)C(CCCCO)C=C(C(=NOC(C)(C)C)CC1N(C)C(=O)c1ccc4c(c1)OCO4)C32. The minimum atomic E-state index is -1.45. The first-order chi connectivity index (χ1) is 28.9. The van der Waals surface area contributed by atoms with E-state index in [-0.39, 0.29) is 62.4 Å². The fourth-order valence-electron chi connectivity index (χ4n) is 9.15. The number of rotatable bonds is 17. The maximum absolute atomic E-state index is 14.7. The number of allylic oxidation sites excluding steroid dienone is 1. The average Bonchev–Trinajstić information content (AvgIpc) is 3.71. The average molecular weight is 826 g/mol. The Bertz CT molecular complexity index is 2130. The van der Waals surface area contributed by atoms with Crippen LogP contribution in [0.2, 0.25) is 0 Å². The molecular formula is C46H55N3O11. The number of nitro benzene ring substituents is 1. The van der Waals surface area contributed by atoms with Crippen LogP contribution in [-0.4, -0.2) is 82.7 Å². The molecule has 14 heteroatoms. The standard InChI is InChI=1S/C46H55N3O11/c1-6-22-57-46-41(48(5)44(52)30-16-18-39-40(24-30)56-28-55-39)27-37(47-60-45(2,3)4)35-23-29(12-7-9-20-50)34(15-8-10-21-51)42(43(35)46)36-26-33(17-19-38(36)59-46)58-32-14-11-13-31(25-32)49(53)54/h6,11,13-14,16-19,23-26,29,34,41-43,50-51H,1,7-10,12,15,20-22,27-28H2,2-5H3.